The summed E-state index contributed by atoms with van der Waals surface area (Å²) in [5.41, 5.74) is 0. The third-order valence-electron chi connectivity index (χ3n) is 2.83. The smallest absolute Gasteiger partial charge is 0.748 e. The average Bonchev–Trinajstić information content (AvgIpc) is 2.34. The van der Waals surface area contributed by atoms with Crippen LogP contribution in [0.25, 0.3) is 0 Å². The Kier molecular flexibility index (Phi) is 17.3. The molecule has 0 aliphatic rings. The molecule has 0 aromatic carbocycles. The summed E-state index contributed by atoms with van der Waals surface area (Å²) in [6.45, 7) is 6.08. The van der Waals surface area contributed by atoms with E-state index in [0.29, 0.717) is 6.61 Å². The van der Waals surface area contributed by atoms with E-state index in [0.717, 1.165) is 12.8 Å². The molecule has 0 spiro atoms. The van der Waals surface area contributed by atoms with Crippen LogP contribution in [-0.2, 0) is 19.6 Å². The van der Waals surface area contributed by atoms with E-state index in [1.807, 2.05) is 0 Å². The zero-order valence-electron chi connectivity index (χ0n) is 13.4. The third-order valence-corrected chi connectivity index (χ3v) is 3.50. The van der Waals surface area contributed by atoms with Crippen molar-refractivity contribution in [3.05, 3.63) is 12.3 Å². The van der Waals surface area contributed by atoms with Crippen LogP contribution in [0, 0.1) is 0 Å². The van der Waals surface area contributed by atoms with Gasteiger partial charge in [-0.1, -0.05) is 58.4 Å². The first-order valence-electron chi connectivity index (χ1n) is 7.27. The van der Waals surface area contributed by atoms with Gasteiger partial charge in [0.05, 0.1) is 12.4 Å². The molecule has 0 amide bonds. The van der Waals surface area contributed by atoms with Crippen LogP contribution in [0.3, 0.4) is 0 Å². The van der Waals surface area contributed by atoms with Gasteiger partial charge in [-0.2, -0.15) is 0 Å². The van der Waals surface area contributed by atoms with E-state index < -0.39 is 15.9 Å². The van der Waals surface area contributed by atoms with Crippen LogP contribution in [0.4, 0.5) is 0 Å². The van der Waals surface area contributed by atoms with E-state index in [4.69, 9.17) is 9.47 Å². The van der Waals surface area contributed by atoms with Gasteiger partial charge in [0.25, 0.3) is 0 Å². The monoisotopic (exact) mass is 330 g/mol. The summed E-state index contributed by atoms with van der Waals surface area (Å²) >= 11 is 0. The van der Waals surface area contributed by atoms with Crippen LogP contribution >= 0.6 is 0 Å². The van der Waals surface area contributed by atoms with Crippen LogP contribution in [0.1, 0.15) is 58.3 Å². The molecule has 0 rings (SSSR count). The summed E-state index contributed by atoms with van der Waals surface area (Å²) in [5.74, 6) is -0.773. The van der Waals surface area contributed by atoms with Crippen molar-refractivity contribution >= 4 is 10.1 Å². The summed E-state index contributed by atoms with van der Waals surface area (Å²) in [4.78, 5) is 0. The molecule has 0 aromatic rings. The second kappa shape index (κ2) is 15.3. The zero-order valence-corrected chi connectivity index (χ0v) is 16.3. The molecule has 7 heteroatoms. The Morgan fingerprint density at radius 3 is 2.10 bits per heavy atom. The minimum Gasteiger partial charge on any atom is -0.748 e. The Hall–Kier alpha value is 0.410. The molecule has 0 aliphatic heterocycles. The molecular formula is C14H27NaO5S. The quantitative estimate of drug-likeness (QED) is 0.149. The molecule has 0 radical (unpaired) electrons. The second-order valence-corrected chi connectivity index (χ2v) is 6.29. The number of rotatable bonds is 14. The van der Waals surface area contributed by atoms with Gasteiger partial charge in [-0.05, 0) is 6.42 Å². The number of unbranched alkanes of at least 4 members (excludes halogenated alkanes) is 7. The normalized spacial score (nSPS) is 11.0. The van der Waals surface area contributed by atoms with E-state index in [2.05, 4.69) is 13.5 Å². The molecule has 0 saturated heterocycles. The predicted octanol–water partition coefficient (Wildman–Crippen LogP) is 0.181. The second-order valence-electron chi connectivity index (χ2n) is 4.89. The third kappa shape index (κ3) is 20.4. The predicted molar refractivity (Wildman–Crippen MR) is 78.2 cm³/mol. The minimum absolute atomic E-state index is 0. The Bertz CT molecular complexity index is 343. The van der Waals surface area contributed by atoms with Gasteiger partial charge in [0.1, 0.15) is 15.9 Å². The topological polar surface area (TPSA) is 75.7 Å². The molecule has 0 fully saturated rings. The van der Waals surface area contributed by atoms with Crippen LogP contribution in [0.15, 0.2) is 12.3 Å². The molecule has 21 heavy (non-hydrogen) atoms. The Morgan fingerprint density at radius 2 is 1.57 bits per heavy atom. The zero-order chi connectivity index (χ0) is 15.3. The van der Waals surface area contributed by atoms with Gasteiger partial charge in [0.15, 0.2) is 6.79 Å². The van der Waals surface area contributed by atoms with Crippen molar-refractivity contribution in [3.63, 3.8) is 0 Å². The van der Waals surface area contributed by atoms with Gasteiger partial charge >= 0.3 is 29.6 Å². The van der Waals surface area contributed by atoms with Crippen molar-refractivity contribution < 1.29 is 52.0 Å². The standard InChI is InChI=1S/C14H28O5S.Na/c1-3-4-5-6-7-8-9-10-11-18-13-19-14(2)12-20(15,16)17;/h2-13H2,1H3,(H,15,16,17);/q;+1/p-1. The van der Waals surface area contributed by atoms with Crippen molar-refractivity contribution in [2.75, 3.05) is 19.2 Å². The van der Waals surface area contributed by atoms with Crippen LogP contribution in [0.2, 0.25) is 0 Å². The van der Waals surface area contributed by atoms with Gasteiger partial charge in [0, 0.05) is 0 Å². The molecule has 0 N–H and O–H groups in total. The van der Waals surface area contributed by atoms with Crippen molar-refractivity contribution in [2.45, 2.75) is 58.3 Å². The summed E-state index contributed by atoms with van der Waals surface area (Å²) < 4.78 is 41.3. The molecule has 0 unspecified atom stereocenters. The minimum atomic E-state index is -4.32. The molecular weight excluding hydrogens is 303 g/mol. The fourth-order valence-corrected chi connectivity index (χ4v) is 2.24. The summed E-state index contributed by atoms with van der Waals surface area (Å²) in [5, 5.41) is 0. The number of hydrogen-bond acceptors (Lipinski definition) is 5. The summed E-state index contributed by atoms with van der Waals surface area (Å²) in [6.07, 6.45) is 9.80. The number of hydrogen-bond donors (Lipinski definition) is 0. The Balaban J connectivity index is 0. The maximum absolute atomic E-state index is 10.4. The molecule has 0 atom stereocenters. The molecule has 5 nitrogen and oxygen atoms in total. The van der Waals surface area contributed by atoms with Crippen molar-refractivity contribution in [2.24, 2.45) is 0 Å². The molecule has 0 saturated carbocycles. The summed E-state index contributed by atoms with van der Waals surface area (Å²) in [7, 11) is -4.32. The van der Waals surface area contributed by atoms with Crippen LogP contribution < -0.4 is 29.6 Å². The fraction of sp³-hybridized carbons (Fsp3) is 0.857. The first kappa shape index (κ1) is 23.7. The van der Waals surface area contributed by atoms with Gasteiger partial charge < -0.3 is 14.0 Å². The van der Waals surface area contributed by atoms with Crippen LogP contribution in [-0.4, -0.2) is 32.1 Å². The molecule has 0 heterocycles. The van der Waals surface area contributed by atoms with Gasteiger partial charge in [-0.3, -0.25) is 0 Å². The van der Waals surface area contributed by atoms with Crippen LogP contribution in [0.5, 0.6) is 0 Å². The van der Waals surface area contributed by atoms with E-state index >= 15 is 0 Å². The largest absolute Gasteiger partial charge is 1.00 e. The Morgan fingerprint density at radius 1 is 1.05 bits per heavy atom. The first-order chi connectivity index (χ1) is 9.45. The average molecular weight is 330 g/mol. The Labute approximate surface area is 151 Å². The van der Waals surface area contributed by atoms with Crippen molar-refractivity contribution in [1.82, 2.24) is 0 Å². The van der Waals surface area contributed by atoms with Gasteiger partial charge in [-0.25, -0.2) is 8.42 Å². The molecule has 120 valence electrons. The summed E-state index contributed by atoms with van der Waals surface area (Å²) in [6, 6.07) is 0. The van der Waals surface area contributed by atoms with E-state index in [9.17, 15) is 13.0 Å². The van der Waals surface area contributed by atoms with E-state index in [-0.39, 0.29) is 42.1 Å². The maximum Gasteiger partial charge on any atom is 1.00 e. The molecule has 0 bridgehead atoms. The van der Waals surface area contributed by atoms with Gasteiger partial charge in [-0.15, -0.1) is 0 Å². The van der Waals surface area contributed by atoms with Crippen molar-refractivity contribution in [3.8, 4) is 0 Å². The van der Waals surface area contributed by atoms with Gasteiger partial charge in [0.2, 0.25) is 0 Å². The van der Waals surface area contributed by atoms with E-state index in [1.54, 1.807) is 0 Å². The SMILES string of the molecule is C=C(CS(=O)(=O)[O-])OCOCCCCCCCCCC.[Na+]. The molecule has 0 aromatic heterocycles. The van der Waals surface area contributed by atoms with E-state index in [1.165, 1.54) is 38.5 Å². The first-order valence-corrected chi connectivity index (χ1v) is 8.85. The number of ether oxygens (including phenoxy) is 2. The van der Waals surface area contributed by atoms with Crippen molar-refractivity contribution in [1.29, 1.82) is 0 Å². The molecule has 0 aliphatic carbocycles. The maximum atomic E-state index is 10.4. The fourth-order valence-electron chi connectivity index (χ4n) is 1.76.